The highest BCUT2D eigenvalue weighted by Gasteiger charge is 2.14. The number of carbonyl (C=O) groups is 2. The summed E-state index contributed by atoms with van der Waals surface area (Å²) in [6.07, 6.45) is 2.88. The molecule has 0 bridgehead atoms. The number of hydrogen-bond acceptors (Lipinski definition) is 5. The van der Waals surface area contributed by atoms with Gasteiger partial charge in [0.25, 0.3) is 5.91 Å². The molecule has 2 amide bonds. The molecule has 1 aromatic heterocycles. The van der Waals surface area contributed by atoms with Crippen LogP contribution in [0.5, 0.6) is 0 Å². The number of rotatable bonds is 8. The van der Waals surface area contributed by atoms with E-state index in [1.165, 1.54) is 11.3 Å². The van der Waals surface area contributed by atoms with Crippen molar-refractivity contribution in [2.24, 2.45) is 0 Å². The molecular formula is C17H22N4O2S. The van der Waals surface area contributed by atoms with E-state index >= 15 is 0 Å². The van der Waals surface area contributed by atoms with Gasteiger partial charge in [0.1, 0.15) is 5.01 Å². The van der Waals surface area contributed by atoms with Crippen molar-refractivity contribution in [1.82, 2.24) is 15.5 Å². The molecule has 0 radical (unpaired) electrons. The Labute approximate surface area is 145 Å². The van der Waals surface area contributed by atoms with Gasteiger partial charge in [-0.1, -0.05) is 42.4 Å². The third-order valence-corrected chi connectivity index (χ3v) is 4.37. The zero-order valence-electron chi connectivity index (χ0n) is 14.0. The highest BCUT2D eigenvalue weighted by Crippen LogP contribution is 2.15. The Morgan fingerprint density at radius 2 is 1.92 bits per heavy atom. The van der Waals surface area contributed by atoms with Crippen molar-refractivity contribution in [2.75, 3.05) is 11.9 Å². The zero-order valence-corrected chi connectivity index (χ0v) is 14.8. The van der Waals surface area contributed by atoms with Gasteiger partial charge in [-0.2, -0.15) is 0 Å². The maximum atomic E-state index is 12.1. The van der Waals surface area contributed by atoms with Gasteiger partial charge in [-0.3, -0.25) is 9.59 Å². The number of aryl methyl sites for hydroxylation is 2. The summed E-state index contributed by atoms with van der Waals surface area (Å²) in [5.74, 6) is -0.278. The van der Waals surface area contributed by atoms with Crippen LogP contribution in [0.4, 0.5) is 5.69 Å². The van der Waals surface area contributed by atoms with Gasteiger partial charge >= 0.3 is 0 Å². The molecule has 0 aliphatic heterocycles. The van der Waals surface area contributed by atoms with Crippen LogP contribution in [0.2, 0.25) is 0 Å². The van der Waals surface area contributed by atoms with E-state index in [9.17, 15) is 9.59 Å². The van der Waals surface area contributed by atoms with Crippen molar-refractivity contribution >= 4 is 28.8 Å². The molecule has 2 rings (SSSR count). The Balaban J connectivity index is 1.82. The summed E-state index contributed by atoms with van der Waals surface area (Å²) in [6.45, 7) is 4.77. The molecule has 24 heavy (non-hydrogen) atoms. The molecule has 6 nitrogen and oxygen atoms in total. The first-order chi connectivity index (χ1) is 11.6. The first-order valence-corrected chi connectivity index (χ1v) is 8.87. The van der Waals surface area contributed by atoms with Gasteiger partial charge in [0, 0.05) is 25.1 Å². The van der Waals surface area contributed by atoms with Crippen LogP contribution in [0.3, 0.4) is 0 Å². The van der Waals surface area contributed by atoms with Crippen LogP contribution in [0.25, 0.3) is 0 Å². The summed E-state index contributed by atoms with van der Waals surface area (Å²) in [7, 11) is 0. The van der Waals surface area contributed by atoms with E-state index in [0.29, 0.717) is 29.4 Å². The van der Waals surface area contributed by atoms with Crippen LogP contribution in [0, 0.1) is 6.92 Å². The van der Waals surface area contributed by atoms with E-state index in [-0.39, 0.29) is 11.8 Å². The SMILES string of the molecule is CCCCNC(=O)CCc1nnc(C(=O)Nc2ccc(C)cc2)s1. The minimum Gasteiger partial charge on any atom is -0.356 e. The number of amides is 2. The lowest BCUT2D eigenvalue weighted by atomic mass is 10.2. The van der Waals surface area contributed by atoms with Crippen LogP contribution >= 0.6 is 11.3 Å². The molecule has 1 aromatic carbocycles. The van der Waals surface area contributed by atoms with Gasteiger partial charge in [-0.05, 0) is 25.5 Å². The maximum absolute atomic E-state index is 12.1. The third-order valence-electron chi connectivity index (χ3n) is 3.39. The molecule has 2 N–H and O–H groups in total. The van der Waals surface area contributed by atoms with E-state index in [4.69, 9.17) is 0 Å². The standard InChI is InChI=1S/C17H22N4O2S/c1-3-4-11-18-14(22)9-10-15-20-21-17(24-15)16(23)19-13-7-5-12(2)6-8-13/h5-8H,3-4,9-11H2,1-2H3,(H,18,22)(H,19,23). The van der Waals surface area contributed by atoms with E-state index in [1.54, 1.807) is 0 Å². The molecule has 2 aromatic rings. The summed E-state index contributed by atoms with van der Waals surface area (Å²) >= 11 is 1.22. The quantitative estimate of drug-likeness (QED) is 0.720. The molecule has 0 aliphatic carbocycles. The zero-order chi connectivity index (χ0) is 17.4. The lowest BCUT2D eigenvalue weighted by Gasteiger charge is -2.02. The lowest BCUT2D eigenvalue weighted by molar-refractivity contribution is -0.121. The number of nitrogens with one attached hydrogen (secondary N) is 2. The fraction of sp³-hybridized carbons (Fsp3) is 0.412. The number of aromatic nitrogens is 2. The molecule has 128 valence electrons. The molecule has 7 heteroatoms. The Hall–Kier alpha value is -2.28. The number of benzene rings is 1. The molecule has 1 heterocycles. The first kappa shape index (κ1) is 18.1. The molecule has 0 fully saturated rings. The summed E-state index contributed by atoms with van der Waals surface area (Å²) < 4.78 is 0. The molecule has 0 unspecified atom stereocenters. The van der Waals surface area contributed by atoms with Gasteiger partial charge < -0.3 is 10.6 Å². The Kier molecular flexibility index (Phi) is 6.87. The van der Waals surface area contributed by atoms with Crippen LogP contribution < -0.4 is 10.6 Å². The number of nitrogens with zero attached hydrogens (tertiary/aromatic N) is 2. The smallest absolute Gasteiger partial charge is 0.286 e. The number of hydrogen-bond donors (Lipinski definition) is 2. The maximum Gasteiger partial charge on any atom is 0.286 e. The minimum absolute atomic E-state index is 0.00399. The molecule has 0 atom stereocenters. The highest BCUT2D eigenvalue weighted by atomic mass is 32.1. The van der Waals surface area contributed by atoms with Crippen LogP contribution in [0.15, 0.2) is 24.3 Å². The number of carbonyl (C=O) groups excluding carboxylic acids is 2. The van der Waals surface area contributed by atoms with Crippen molar-refractivity contribution in [3.8, 4) is 0 Å². The van der Waals surface area contributed by atoms with Crippen molar-refractivity contribution in [3.63, 3.8) is 0 Å². The van der Waals surface area contributed by atoms with E-state index in [1.807, 2.05) is 31.2 Å². The van der Waals surface area contributed by atoms with E-state index in [0.717, 1.165) is 24.1 Å². The fourth-order valence-corrected chi connectivity index (χ4v) is 2.72. The van der Waals surface area contributed by atoms with Crippen molar-refractivity contribution < 1.29 is 9.59 Å². The molecular weight excluding hydrogens is 324 g/mol. The second-order valence-corrected chi connectivity index (χ2v) is 6.59. The van der Waals surface area contributed by atoms with Crippen LogP contribution in [-0.4, -0.2) is 28.6 Å². The van der Waals surface area contributed by atoms with Gasteiger partial charge in [0.05, 0.1) is 0 Å². The molecule has 0 saturated carbocycles. The summed E-state index contributed by atoms with van der Waals surface area (Å²) in [4.78, 5) is 23.8. The first-order valence-electron chi connectivity index (χ1n) is 8.05. The summed E-state index contributed by atoms with van der Waals surface area (Å²) in [6, 6.07) is 7.54. The average Bonchev–Trinajstić information content (AvgIpc) is 3.04. The topological polar surface area (TPSA) is 84.0 Å². The van der Waals surface area contributed by atoms with Crippen molar-refractivity contribution in [2.45, 2.75) is 39.5 Å². The van der Waals surface area contributed by atoms with Gasteiger partial charge in [0.15, 0.2) is 0 Å². The summed E-state index contributed by atoms with van der Waals surface area (Å²) in [5, 5.41) is 14.5. The highest BCUT2D eigenvalue weighted by molar-refractivity contribution is 7.13. The van der Waals surface area contributed by atoms with E-state index < -0.39 is 0 Å². The van der Waals surface area contributed by atoms with Crippen LogP contribution in [-0.2, 0) is 11.2 Å². The van der Waals surface area contributed by atoms with Gasteiger partial charge in [0.2, 0.25) is 10.9 Å². The Morgan fingerprint density at radius 3 is 2.62 bits per heavy atom. The second-order valence-electron chi connectivity index (χ2n) is 5.52. The Morgan fingerprint density at radius 1 is 1.17 bits per heavy atom. The minimum atomic E-state index is -0.282. The Bertz CT molecular complexity index is 682. The van der Waals surface area contributed by atoms with E-state index in [2.05, 4.69) is 27.8 Å². The summed E-state index contributed by atoms with van der Waals surface area (Å²) in [5.41, 5.74) is 1.85. The average molecular weight is 346 g/mol. The lowest BCUT2D eigenvalue weighted by Crippen LogP contribution is -2.24. The fourth-order valence-electron chi connectivity index (χ4n) is 1.98. The van der Waals surface area contributed by atoms with Crippen molar-refractivity contribution in [1.29, 1.82) is 0 Å². The predicted octanol–water partition coefficient (Wildman–Crippen LogP) is 2.95. The largest absolute Gasteiger partial charge is 0.356 e. The number of unbranched alkanes of at least 4 members (excludes halogenated alkanes) is 1. The van der Waals surface area contributed by atoms with Crippen molar-refractivity contribution in [3.05, 3.63) is 39.8 Å². The van der Waals surface area contributed by atoms with Crippen LogP contribution in [0.1, 0.15) is 46.6 Å². The normalized spacial score (nSPS) is 10.4. The molecule has 0 spiro atoms. The predicted molar refractivity (Wildman–Crippen MR) is 95.3 cm³/mol. The second kappa shape index (κ2) is 9.12. The molecule has 0 aliphatic rings. The third kappa shape index (κ3) is 5.73. The number of anilines is 1. The van der Waals surface area contributed by atoms with Gasteiger partial charge in [-0.15, -0.1) is 10.2 Å². The monoisotopic (exact) mass is 346 g/mol. The molecule has 0 saturated heterocycles. The van der Waals surface area contributed by atoms with Gasteiger partial charge in [-0.25, -0.2) is 0 Å².